The Hall–Kier alpha value is -1.10. The van der Waals surface area contributed by atoms with Crippen molar-refractivity contribution >= 4 is 11.9 Å². The standard InChI is InChI=1S/C11H22N2O3/c1-5-6-8(10(15)16)13-9(14)7-12-11(2,3)4/h8,12H,5-7H2,1-4H3,(H,13,14)(H,15,16). The molecule has 0 heterocycles. The first-order valence-electron chi connectivity index (χ1n) is 5.53. The van der Waals surface area contributed by atoms with Crippen molar-refractivity contribution < 1.29 is 14.7 Å². The summed E-state index contributed by atoms with van der Waals surface area (Å²) in [5.41, 5.74) is -0.152. The van der Waals surface area contributed by atoms with Crippen LogP contribution in [0.25, 0.3) is 0 Å². The summed E-state index contributed by atoms with van der Waals surface area (Å²) < 4.78 is 0. The van der Waals surface area contributed by atoms with Gasteiger partial charge in [-0.2, -0.15) is 0 Å². The van der Waals surface area contributed by atoms with Crippen LogP contribution in [0.1, 0.15) is 40.5 Å². The molecule has 1 amide bonds. The number of amides is 1. The van der Waals surface area contributed by atoms with E-state index in [1.54, 1.807) is 0 Å². The second kappa shape index (κ2) is 6.48. The van der Waals surface area contributed by atoms with Gasteiger partial charge in [-0.25, -0.2) is 4.79 Å². The summed E-state index contributed by atoms with van der Waals surface area (Å²) in [7, 11) is 0. The summed E-state index contributed by atoms with van der Waals surface area (Å²) in [6.07, 6.45) is 1.18. The molecule has 0 spiro atoms. The van der Waals surface area contributed by atoms with Crippen LogP contribution in [0.4, 0.5) is 0 Å². The highest BCUT2D eigenvalue weighted by atomic mass is 16.4. The van der Waals surface area contributed by atoms with E-state index in [9.17, 15) is 9.59 Å². The number of hydrogen-bond acceptors (Lipinski definition) is 3. The van der Waals surface area contributed by atoms with Crippen molar-refractivity contribution in [3.63, 3.8) is 0 Å². The van der Waals surface area contributed by atoms with Gasteiger partial charge in [-0.05, 0) is 27.2 Å². The molecule has 0 aromatic heterocycles. The molecule has 0 aliphatic carbocycles. The van der Waals surface area contributed by atoms with E-state index in [2.05, 4.69) is 10.6 Å². The lowest BCUT2D eigenvalue weighted by Gasteiger charge is -2.21. The molecule has 0 aliphatic heterocycles. The molecule has 0 saturated carbocycles. The lowest BCUT2D eigenvalue weighted by atomic mass is 10.1. The summed E-state index contributed by atoms with van der Waals surface area (Å²) in [6, 6.07) is -0.778. The zero-order valence-electron chi connectivity index (χ0n) is 10.5. The molecule has 94 valence electrons. The van der Waals surface area contributed by atoms with Crippen LogP contribution in [-0.4, -0.2) is 35.1 Å². The molecular formula is C11H22N2O3. The summed E-state index contributed by atoms with van der Waals surface area (Å²) in [5, 5.41) is 14.3. The zero-order chi connectivity index (χ0) is 12.8. The average molecular weight is 230 g/mol. The normalized spacial score (nSPS) is 13.2. The van der Waals surface area contributed by atoms with Gasteiger partial charge in [0.1, 0.15) is 6.04 Å². The fourth-order valence-corrected chi connectivity index (χ4v) is 1.14. The average Bonchev–Trinajstić information content (AvgIpc) is 2.13. The van der Waals surface area contributed by atoms with Gasteiger partial charge in [0.25, 0.3) is 0 Å². The van der Waals surface area contributed by atoms with Crippen molar-refractivity contribution in [2.75, 3.05) is 6.54 Å². The number of aliphatic carboxylic acids is 1. The summed E-state index contributed by atoms with van der Waals surface area (Å²) in [5.74, 6) is -1.26. The third-order valence-corrected chi connectivity index (χ3v) is 1.99. The molecule has 0 aromatic rings. The molecule has 0 fully saturated rings. The lowest BCUT2D eigenvalue weighted by Crippen LogP contribution is -2.48. The first-order valence-corrected chi connectivity index (χ1v) is 5.53. The van der Waals surface area contributed by atoms with E-state index < -0.39 is 12.0 Å². The minimum atomic E-state index is -0.981. The molecular weight excluding hydrogens is 208 g/mol. The zero-order valence-corrected chi connectivity index (χ0v) is 10.5. The second-order valence-electron chi connectivity index (χ2n) is 4.85. The Morgan fingerprint density at radius 1 is 1.31 bits per heavy atom. The number of hydrogen-bond donors (Lipinski definition) is 3. The van der Waals surface area contributed by atoms with Crippen molar-refractivity contribution in [1.82, 2.24) is 10.6 Å². The maximum absolute atomic E-state index is 11.4. The van der Waals surface area contributed by atoms with E-state index in [-0.39, 0.29) is 18.0 Å². The van der Waals surface area contributed by atoms with E-state index in [0.717, 1.165) is 6.42 Å². The predicted octanol–water partition coefficient (Wildman–Crippen LogP) is 0.744. The van der Waals surface area contributed by atoms with E-state index >= 15 is 0 Å². The molecule has 0 radical (unpaired) electrons. The summed E-state index contributed by atoms with van der Waals surface area (Å²) in [6.45, 7) is 7.86. The van der Waals surface area contributed by atoms with Gasteiger partial charge in [0, 0.05) is 5.54 Å². The summed E-state index contributed by atoms with van der Waals surface area (Å²) >= 11 is 0. The quantitative estimate of drug-likeness (QED) is 0.629. The first-order chi connectivity index (χ1) is 7.26. The van der Waals surface area contributed by atoms with Gasteiger partial charge in [-0.3, -0.25) is 4.79 Å². The fourth-order valence-electron chi connectivity index (χ4n) is 1.14. The monoisotopic (exact) mass is 230 g/mol. The van der Waals surface area contributed by atoms with Crippen molar-refractivity contribution in [2.24, 2.45) is 0 Å². The van der Waals surface area contributed by atoms with E-state index in [1.165, 1.54) is 0 Å². The Kier molecular flexibility index (Phi) is 6.03. The topological polar surface area (TPSA) is 78.4 Å². The smallest absolute Gasteiger partial charge is 0.326 e. The highest BCUT2D eigenvalue weighted by Gasteiger charge is 2.19. The SMILES string of the molecule is CCCC(NC(=O)CNC(C)(C)C)C(=O)O. The third-order valence-electron chi connectivity index (χ3n) is 1.99. The number of carboxylic acid groups (broad SMARTS) is 1. The molecule has 16 heavy (non-hydrogen) atoms. The largest absolute Gasteiger partial charge is 0.480 e. The molecule has 3 N–H and O–H groups in total. The molecule has 5 nitrogen and oxygen atoms in total. The molecule has 0 aromatic carbocycles. The predicted molar refractivity (Wildman–Crippen MR) is 62.2 cm³/mol. The van der Waals surface area contributed by atoms with Crippen LogP contribution < -0.4 is 10.6 Å². The minimum absolute atomic E-state index is 0.136. The Balaban J connectivity index is 4.05. The molecule has 0 bridgehead atoms. The molecule has 1 unspecified atom stereocenters. The van der Waals surface area contributed by atoms with Crippen LogP contribution in [0.3, 0.4) is 0 Å². The Labute approximate surface area is 96.6 Å². The maximum Gasteiger partial charge on any atom is 0.326 e. The van der Waals surface area contributed by atoms with E-state index in [1.807, 2.05) is 27.7 Å². The first kappa shape index (κ1) is 14.9. The van der Waals surface area contributed by atoms with Crippen molar-refractivity contribution in [1.29, 1.82) is 0 Å². The Bertz CT molecular complexity index is 246. The molecule has 0 rings (SSSR count). The van der Waals surface area contributed by atoms with Gasteiger partial charge < -0.3 is 15.7 Å². The Morgan fingerprint density at radius 3 is 2.25 bits per heavy atom. The number of carboxylic acids is 1. The minimum Gasteiger partial charge on any atom is -0.480 e. The van der Waals surface area contributed by atoms with Gasteiger partial charge in [-0.15, -0.1) is 0 Å². The van der Waals surface area contributed by atoms with Crippen LogP contribution in [-0.2, 0) is 9.59 Å². The van der Waals surface area contributed by atoms with E-state index in [4.69, 9.17) is 5.11 Å². The molecule has 1 atom stereocenters. The summed E-state index contributed by atoms with van der Waals surface area (Å²) in [4.78, 5) is 22.2. The van der Waals surface area contributed by atoms with E-state index in [0.29, 0.717) is 6.42 Å². The second-order valence-corrected chi connectivity index (χ2v) is 4.85. The van der Waals surface area contributed by atoms with Crippen LogP contribution in [0.5, 0.6) is 0 Å². The number of nitrogens with one attached hydrogen (secondary N) is 2. The van der Waals surface area contributed by atoms with Crippen LogP contribution in [0, 0.1) is 0 Å². The highest BCUT2D eigenvalue weighted by molar-refractivity contribution is 5.84. The molecule has 0 aliphatic rings. The van der Waals surface area contributed by atoms with Crippen molar-refractivity contribution in [3.05, 3.63) is 0 Å². The lowest BCUT2D eigenvalue weighted by molar-refractivity contribution is -0.141. The Morgan fingerprint density at radius 2 is 1.88 bits per heavy atom. The number of carbonyl (C=O) groups excluding carboxylic acids is 1. The van der Waals surface area contributed by atoms with Crippen molar-refractivity contribution in [3.8, 4) is 0 Å². The van der Waals surface area contributed by atoms with Gasteiger partial charge >= 0.3 is 5.97 Å². The van der Waals surface area contributed by atoms with Crippen LogP contribution in [0.15, 0.2) is 0 Å². The van der Waals surface area contributed by atoms with Crippen LogP contribution in [0.2, 0.25) is 0 Å². The fraction of sp³-hybridized carbons (Fsp3) is 0.818. The van der Waals surface area contributed by atoms with Gasteiger partial charge in [-0.1, -0.05) is 13.3 Å². The highest BCUT2D eigenvalue weighted by Crippen LogP contribution is 1.98. The third kappa shape index (κ3) is 7.23. The van der Waals surface area contributed by atoms with Gasteiger partial charge in [0.2, 0.25) is 5.91 Å². The van der Waals surface area contributed by atoms with Crippen LogP contribution >= 0.6 is 0 Å². The molecule has 5 heteroatoms. The maximum atomic E-state index is 11.4. The number of rotatable bonds is 6. The molecule has 0 saturated heterocycles. The van der Waals surface area contributed by atoms with Crippen molar-refractivity contribution in [2.45, 2.75) is 52.1 Å². The van der Waals surface area contributed by atoms with Gasteiger partial charge in [0.05, 0.1) is 6.54 Å². The number of carbonyl (C=O) groups is 2. The van der Waals surface area contributed by atoms with Gasteiger partial charge in [0.15, 0.2) is 0 Å².